The minimum absolute atomic E-state index is 0.191. The van der Waals surface area contributed by atoms with Gasteiger partial charge in [-0.15, -0.1) is 0 Å². The van der Waals surface area contributed by atoms with Gasteiger partial charge in [-0.25, -0.2) is 4.79 Å². The topological polar surface area (TPSA) is 66.8 Å². The second kappa shape index (κ2) is 7.42. The lowest BCUT2D eigenvalue weighted by atomic mass is 10.0. The lowest BCUT2D eigenvalue weighted by molar-refractivity contribution is 0.0588. The average molecular weight is 345 g/mol. The molecule has 2 rings (SSSR count). The third-order valence-corrected chi connectivity index (χ3v) is 4.28. The van der Waals surface area contributed by atoms with Gasteiger partial charge in [0.25, 0.3) is 0 Å². The van der Waals surface area contributed by atoms with E-state index in [2.05, 4.69) is 0 Å². The normalized spacial score (nSPS) is 11.8. The smallest absolute Gasteiger partial charge is 0.354 e. The van der Waals surface area contributed by atoms with Crippen LogP contribution in [-0.4, -0.2) is 36.6 Å². The zero-order chi connectivity index (χ0) is 18.7. The molecule has 0 aliphatic rings. The fourth-order valence-electron chi connectivity index (χ4n) is 2.86. The Hall–Kier alpha value is -2.76. The van der Waals surface area contributed by atoms with Gasteiger partial charge in [0.2, 0.25) is 5.78 Å². The van der Waals surface area contributed by atoms with Crippen LogP contribution in [0.5, 0.6) is 11.5 Å². The van der Waals surface area contributed by atoms with Crippen molar-refractivity contribution in [3.05, 3.63) is 46.8 Å². The quantitative estimate of drug-likeness (QED) is 0.594. The summed E-state index contributed by atoms with van der Waals surface area (Å²) in [7, 11) is 4.62. The molecule has 6 heteroatoms. The van der Waals surface area contributed by atoms with Crippen LogP contribution in [0.25, 0.3) is 0 Å². The maximum absolute atomic E-state index is 12.9. The molecule has 1 heterocycles. The van der Waals surface area contributed by atoms with E-state index in [0.29, 0.717) is 34.0 Å². The van der Waals surface area contributed by atoms with Gasteiger partial charge in [-0.1, -0.05) is 6.07 Å². The molecule has 0 radical (unpaired) electrons. The number of hydrogen-bond acceptors (Lipinski definition) is 5. The molecule has 6 nitrogen and oxygen atoms in total. The highest BCUT2D eigenvalue weighted by molar-refractivity contribution is 6.04. The SMILES string of the molecule is COC(=O)c1c(C)c(C(=O)C(C)Oc2cccc(OC)c2)c(C)n1C. The number of nitrogens with zero attached hydrogens (tertiary/aromatic N) is 1. The largest absolute Gasteiger partial charge is 0.497 e. The number of ether oxygens (including phenoxy) is 3. The number of carbonyl (C=O) groups excluding carboxylic acids is 2. The summed E-state index contributed by atoms with van der Waals surface area (Å²) in [5.74, 6) is 0.531. The molecule has 0 saturated heterocycles. The number of hydrogen-bond donors (Lipinski definition) is 0. The van der Waals surface area contributed by atoms with Crippen molar-refractivity contribution in [2.45, 2.75) is 26.9 Å². The highest BCUT2D eigenvalue weighted by atomic mass is 16.5. The molecular weight excluding hydrogens is 322 g/mol. The molecule has 0 saturated carbocycles. The van der Waals surface area contributed by atoms with Gasteiger partial charge in [0.1, 0.15) is 17.2 Å². The first-order valence-corrected chi connectivity index (χ1v) is 7.90. The first-order valence-electron chi connectivity index (χ1n) is 7.90. The van der Waals surface area contributed by atoms with E-state index in [9.17, 15) is 9.59 Å². The Morgan fingerprint density at radius 2 is 1.76 bits per heavy atom. The number of aromatic nitrogens is 1. The van der Waals surface area contributed by atoms with Crippen LogP contribution in [0.2, 0.25) is 0 Å². The lowest BCUT2D eigenvalue weighted by Crippen LogP contribution is -2.25. The second-order valence-electron chi connectivity index (χ2n) is 5.79. The van der Waals surface area contributed by atoms with Crippen LogP contribution < -0.4 is 9.47 Å². The molecule has 0 amide bonds. The second-order valence-corrected chi connectivity index (χ2v) is 5.79. The summed E-state index contributed by atoms with van der Waals surface area (Å²) < 4.78 is 17.4. The molecule has 0 bridgehead atoms. The van der Waals surface area contributed by atoms with E-state index in [4.69, 9.17) is 14.2 Å². The molecule has 1 aromatic heterocycles. The Morgan fingerprint density at radius 3 is 2.36 bits per heavy atom. The Bertz CT molecular complexity index is 806. The maximum Gasteiger partial charge on any atom is 0.354 e. The molecule has 0 spiro atoms. The zero-order valence-electron chi connectivity index (χ0n) is 15.4. The van der Waals surface area contributed by atoms with Crippen molar-refractivity contribution in [2.75, 3.05) is 14.2 Å². The summed E-state index contributed by atoms with van der Waals surface area (Å²) in [6, 6.07) is 7.07. The third-order valence-electron chi connectivity index (χ3n) is 4.28. The summed E-state index contributed by atoms with van der Waals surface area (Å²) in [6.45, 7) is 5.22. The van der Waals surface area contributed by atoms with Crippen LogP contribution in [0.15, 0.2) is 24.3 Å². The number of carbonyl (C=O) groups is 2. The van der Waals surface area contributed by atoms with Crippen LogP contribution in [0.3, 0.4) is 0 Å². The minimum Gasteiger partial charge on any atom is -0.497 e. The molecule has 0 aliphatic heterocycles. The Balaban J connectivity index is 2.32. The van der Waals surface area contributed by atoms with Crippen molar-refractivity contribution in [3.8, 4) is 11.5 Å². The van der Waals surface area contributed by atoms with Gasteiger partial charge in [0.15, 0.2) is 6.10 Å². The molecule has 0 aliphatic carbocycles. The summed E-state index contributed by atoms with van der Waals surface area (Å²) in [6.07, 6.45) is -0.711. The van der Waals surface area contributed by atoms with Crippen LogP contribution in [0.4, 0.5) is 0 Å². The lowest BCUT2D eigenvalue weighted by Gasteiger charge is -2.15. The van der Waals surface area contributed by atoms with Gasteiger partial charge >= 0.3 is 5.97 Å². The highest BCUT2D eigenvalue weighted by Crippen LogP contribution is 2.25. The molecule has 1 aromatic carbocycles. The molecule has 0 N–H and O–H groups in total. The van der Waals surface area contributed by atoms with Crippen molar-refractivity contribution in [1.82, 2.24) is 4.57 Å². The maximum atomic E-state index is 12.9. The van der Waals surface area contributed by atoms with E-state index >= 15 is 0 Å². The van der Waals surface area contributed by atoms with E-state index in [0.717, 1.165) is 0 Å². The Morgan fingerprint density at radius 1 is 1.12 bits per heavy atom. The van der Waals surface area contributed by atoms with Crippen molar-refractivity contribution < 1.29 is 23.8 Å². The number of esters is 1. The minimum atomic E-state index is -0.711. The zero-order valence-corrected chi connectivity index (χ0v) is 15.4. The average Bonchev–Trinajstić information content (AvgIpc) is 2.83. The first kappa shape index (κ1) is 18.6. The predicted octanol–water partition coefficient (Wildman–Crippen LogP) is 3.09. The van der Waals surface area contributed by atoms with Crippen LogP contribution in [0, 0.1) is 13.8 Å². The summed E-state index contributed by atoms with van der Waals surface area (Å²) >= 11 is 0. The van der Waals surface area contributed by atoms with Crippen molar-refractivity contribution in [3.63, 3.8) is 0 Å². The van der Waals surface area contributed by atoms with E-state index in [-0.39, 0.29) is 5.78 Å². The van der Waals surface area contributed by atoms with Gasteiger partial charge in [0, 0.05) is 24.4 Å². The molecular formula is C19H23NO5. The number of ketones is 1. The van der Waals surface area contributed by atoms with E-state index in [1.165, 1.54) is 7.11 Å². The molecule has 0 fully saturated rings. The van der Waals surface area contributed by atoms with Crippen molar-refractivity contribution in [2.24, 2.45) is 7.05 Å². The van der Waals surface area contributed by atoms with Crippen molar-refractivity contribution >= 4 is 11.8 Å². The molecule has 25 heavy (non-hydrogen) atoms. The Kier molecular flexibility index (Phi) is 5.51. The fraction of sp³-hybridized carbons (Fsp3) is 0.368. The first-order chi connectivity index (χ1) is 11.8. The third kappa shape index (κ3) is 3.52. The Labute approximate surface area is 147 Å². The van der Waals surface area contributed by atoms with Gasteiger partial charge in [-0.05, 0) is 38.5 Å². The molecule has 1 atom stereocenters. The molecule has 134 valence electrons. The van der Waals surface area contributed by atoms with Gasteiger partial charge in [0.05, 0.1) is 14.2 Å². The number of methoxy groups -OCH3 is 2. The predicted molar refractivity (Wildman–Crippen MR) is 93.6 cm³/mol. The summed E-state index contributed by atoms with van der Waals surface area (Å²) in [5.41, 5.74) is 2.15. The van der Waals surface area contributed by atoms with Gasteiger partial charge in [-0.3, -0.25) is 4.79 Å². The van der Waals surface area contributed by atoms with Gasteiger partial charge < -0.3 is 18.8 Å². The summed E-state index contributed by atoms with van der Waals surface area (Å²) in [5, 5.41) is 0. The van der Waals surface area contributed by atoms with Crippen LogP contribution in [0.1, 0.15) is 39.0 Å². The highest BCUT2D eigenvalue weighted by Gasteiger charge is 2.28. The van der Waals surface area contributed by atoms with Crippen LogP contribution in [-0.2, 0) is 11.8 Å². The number of Topliss-reactive ketones (excluding diaryl/α,β-unsaturated/α-hetero) is 1. The molecule has 2 aromatic rings. The van der Waals surface area contributed by atoms with Crippen molar-refractivity contribution in [1.29, 1.82) is 0 Å². The van der Waals surface area contributed by atoms with E-state index < -0.39 is 12.1 Å². The molecule has 1 unspecified atom stereocenters. The van der Waals surface area contributed by atoms with E-state index in [1.54, 1.807) is 63.8 Å². The van der Waals surface area contributed by atoms with E-state index in [1.807, 2.05) is 0 Å². The summed E-state index contributed by atoms with van der Waals surface area (Å²) in [4.78, 5) is 24.9. The van der Waals surface area contributed by atoms with Gasteiger partial charge in [-0.2, -0.15) is 0 Å². The fourth-order valence-corrected chi connectivity index (χ4v) is 2.86. The number of rotatable bonds is 6. The number of benzene rings is 1. The standard InChI is InChI=1S/C19H23NO5/c1-11-16(12(2)20(4)17(11)19(22)24-6)18(21)13(3)25-15-9-7-8-14(10-15)23-5/h7-10,13H,1-6H3. The van der Waals surface area contributed by atoms with Crippen LogP contribution >= 0.6 is 0 Å². The monoisotopic (exact) mass is 345 g/mol.